The van der Waals surface area contributed by atoms with E-state index in [0.717, 1.165) is 16.4 Å². The van der Waals surface area contributed by atoms with Crippen molar-refractivity contribution in [2.45, 2.75) is 27.7 Å². The summed E-state index contributed by atoms with van der Waals surface area (Å²) < 4.78 is 0. The SMILES string of the molecule is CC.Cc1ccc(Cl)c(C)n1. The Morgan fingerprint density at radius 3 is 2.09 bits per heavy atom. The predicted molar refractivity (Wildman–Crippen MR) is 50.1 cm³/mol. The van der Waals surface area contributed by atoms with Crippen LogP contribution in [0, 0.1) is 13.8 Å². The minimum atomic E-state index is 0.737. The molecule has 0 saturated carbocycles. The van der Waals surface area contributed by atoms with Gasteiger partial charge in [-0.25, -0.2) is 0 Å². The molecule has 11 heavy (non-hydrogen) atoms. The van der Waals surface area contributed by atoms with Gasteiger partial charge in [-0.2, -0.15) is 0 Å². The molecule has 1 aromatic heterocycles. The van der Waals surface area contributed by atoms with E-state index in [1.54, 1.807) is 0 Å². The Balaban J connectivity index is 0.000000461. The standard InChI is InChI=1S/C7H8ClN.C2H6/c1-5-3-4-7(8)6(2)9-5;1-2/h3-4H,1-2H3;1-2H3. The summed E-state index contributed by atoms with van der Waals surface area (Å²) in [7, 11) is 0. The van der Waals surface area contributed by atoms with Gasteiger partial charge in [-0.05, 0) is 26.0 Å². The molecule has 0 fully saturated rings. The lowest BCUT2D eigenvalue weighted by Gasteiger charge is -1.95. The number of aromatic nitrogens is 1. The topological polar surface area (TPSA) is 12.9 Å². The van der Waals surface area contributed by atoms with Crippen molar-refractivity contribution in [3.05, 3.63) is 28.5 Å². The maximum atomic E-state index is 5.72. The monoisotopic (exact) mass is 171 g/mol. The van der Waals surface area contributed by atoms with Gasteiger partial charge in [-0.3, -0.25) is 4.98 Å². The summed E-state index contributed by atoms with van der Waals surface area (Å²) in [4.78, 5) is 4.14. The third-order valence-electron chi connectivity index (χ3n) is 1.16. The van der Waals surface area contributed by atoms with E-state index in [1.807, 2.05) is 39.8 Å². The molecule has 0 spiro atoms. The second kappa shape index (κ2) is 5.14. The maximum absolute atomic E-state index is 5.72. The lowest BCUT2D eigenvalue weighted by atomic mass is 10.3. The Hall–Kier alpha value is -0.560. The minimum Gasteiger partial charge on any atom is -0.257 e. The highest BCUT2D eigenvalue weighted by Crippen LogP contribution is 2.11. The fourth-order valence-electron chi connectivity index (χ4n) is 0.670. The normalized spacial score (nSPS) is 8.45. The van der Waals surface area contributed by atoms with Crippen molar-refractivity contribution < 1.29 is 0 Å². The molecule has 0 atom stereocenters. The van der Waals surface area contributed by atoms with Gasteiger partial charge in [-0.1, -0.05) is 25.4 Å². The van der Waals surface area contributed by atoms with Gasteiger partial charge in [0.15, 0.2) is 0 Å². The molecule has 0 bridgehead atoms. The van der Waals surface area contributed by atoms with Gasteiger partial charge in [0, 0.05) is 5.69 Å². The first-order valence-electron chi connectivity index (χ1n) is 3.80. The Morgan fingerprint density at radius 1 is 1.18 bits per heavy atom. The molecule has 2 heteroatoms. The van der Waals surface area contributed by atoms with Crippen LogP contribution in [0.25, 0.3) is 0 Å². The molecule has 0 saturated heterocycles. The first-order chi connectivity index (χ1) is 5.20. The number of hydrogen-bond acceptors (Lipinski definition) is 1. The van der Waals surface area contributed by atoms with Gasteiger partial charge in [0.1, 0.15) is 0 Å². The molecule has 1 rings (SSSR count). The van der Waals surface area contributed by atoms with Gasteiger partial charge in [0.05, 0.1) is 10.7 Å². The maximum Gasteiger partial charge on any atom is 0.0618 e. The van der Waals surface area contributed by atoms with Crippen LogP contribution in [0.2, 0.25) is 5.02 Å². The number of halogens is 1. The smallest absolute Gasteiger partial charge is 0.0618 e. The molecule has 0 aliphatic carbocycles. The van der Waals surface area contributed by atoms with Crippen LogP contribution in [0.3, 0.4) is 0 Å². The molecule has 0 unspecified atom stereocenters. The second-order valence-corrected chi connectivity index (χ2v) is 2.43. The average Bonchev–Trinajstić information content (AvgIpc) is 2.02. The van der Waals surface area contributed by atoms with Crippen LogP contribution in [0.1, 0.15) is 25.2 Å². The number of pyridine rings is 1. The second-order valence-electron chi connectivity index (χ2n) is 2.02. The fourth-order valence-corrected chi connectivity index (χ4v) is 0.775. The van der Waals surface area contributed by atoms with Crippen molar-refractivity contribution >= 4 is 11.6 Å². The molecular weight excluding hydrogens is 158 g/mol. The zero-order chi connectivity index (χ0) is 8.85. The molecule has 0 N–H and O–H groups in total. The van der Waals surface area contributed by atoms with E-state index in [9.17, 15) is 0 Å². The summed E-state index contributed by atoms with van der Waals surface area (Å²) in [6.07, 6.45) is 0. The van der Waals surface area contributed by atoms with Gasteiger partial charge in [0.2, 0.25) is 0 Å². The van der Waals surface area contributed by atoms with Crippen molar-refractivity contribution in [1.29, 1.82) is 0 Å². The predicted octanol–water partition coefficient (Wildman–Crippen LogP) is 3.38. The van der Waals surface area contributed by atoms with E-state index in [1.165, 1.54) is 0 Å². The van der Waals surface area contributed by atoms with E-state index in [4.69, 9.17) is 11.6 Å². The number of aryl methyl sites for hydroxylation is 2. The van der Waals surface area contributed by atoms with E-state index >= 15 is 0 Å². The summed E-state index contributed by atoms with van der Waals surface area (Å²) in [5.74, 6) is 0. The summed E-state index contributed by atoms with van der Waals surface area (Å²) in [6, 6.07) is 3.76. The van der Waals surface area contributed by atoms with E-state index in [-0.39, 0.29) is 0 Å². The zero-order valence-corrected chi connectivity index (χ0v) is 8.24. The highest BCUT2D eigenvalue weighted by molar-refractivity contribution is 6.31. The van der Waals surface area contributed by atoms with Crippen LogP contribution >= 0.6 is 11.6 Å². The molecular formula is C9H14ClN. The molecule has 1 aromatic rings. The average molecular weight is 172 g/mol. The third-order valence-corrected chi connectivity index (χ3v) is 1.56. The van der Waals surface area contributed by atoms with Gasteiger partial charge in [0.25, 0.3) is 0 Å². The van der Waals surface area contributed by atoms with Crippen molar-refractivity contribution in [1.82, 2.24) is 4.98 Å². The Labute approximate surface area is 73.4 Å². The van der Waals surface area contributed by atoms with Crippen LogP contribution in [0.5, 0.6) is 0 Å². The van der Waals surface area contributed by atoms with E-state index in [2.05, 4.69) is 4.98 Å². The highest BCUT2D eigenvalue weighted by atomic mass is 35.5. The molecule has 1 nitrogen and oxygen atoms in total. The molecule has 1 heterocycles. The fraction of sp³-hybridized carbons (Fsp3) is 0.444. The highest BCUT2D eigenvalue weighted by Gasteiger charge is 1.92. The van der Waals surface area contributed by atoms with Gasteiger partial charge in [-0.15, -0.1) is 0 Å². The van der Waals surface area contributed by atoms with Gasteiger partial charge >= 0.3 is 0 Å². The van der Waals surface area contributed by atoms with E-state index in [0.29, 0.717) is 0 Å². The van der Waals surface area contributed by atoms with Crippen LogP contribution in [0.4, 0.5) is 0 Å². The minimum absolute atomic E-state index is 0.737. The quantitative estimate of drug-likeness (QED) is 0.583. The first-order valence-corrected chi connectivity index (χ1v) is 4.17. The van der Waals surface area contributed by atoms with Gasteiger partial charge < -0.3 is 0 Å². The van der Waals surface area contributed by atoms with Crippen LogP contribution in [0.15, 0.2) is 12.1 Å². The van der Waals surface area contributed by atoms with Crippen molar-refractivity contribution in [2.24, 2.45) is 0 Å². The largest absolute Gasteiger partial charge is 0.257 e. The lowest BCUT2D eigenvalue weighted by molar-refractivity contribution is 1.12. The molecule has 0 aliphatic heterocycles. The van der Waals surface area contributed by atoms with Crippen molar-refractivity contribution in [3.8, 4) is 0 Å². The number of nitrogens with zero attached hydrogens (tertiary/aromatic N) is 1. The Morgan fingerprint density at radius 2 is 1.73 bits per heavy atom. The Bertz CT molecular complexity index is 221. The molecule has 0 radical (unpaired) electrons. The zero-order valence-electron chi connectivity index (χ0n) is 7.48. The molecule has 0 aromatic carbocycles. The summed E-state index contributed by atoms with van der Waals surface area (Å²) in [6.45, 7) is 7.85. The first kappa shape index (κ1) is 10.4. The number of rotatable bonds is 0. The molecule has 62 valence electrons. The van der Waals surface area contributed by atoms with E-state index < -0.39 is 0 Å². The number of hydrogen-bond donors (Lipinski definition) is 0. The lowest BCUT2D eigenvalue weighted by Crippen LogP contribution is -1.84. The van der Waals surface area contributed by atoms with Crippen LogP contribution in [-0.4, -0.2) is 4.98 Å². The van der Waals surface area contributed by atoms with Crippen molar-refractivity contribution in [3.63, 3.8) is 0 Å². The Kier molecular flexibility index (Phi) is 4.88. The molecule has 0 aliphatic rings. The van der Waals surface area contributed by atoms with Crippen LogP contribution < -0.4 is 0 Å². The summed E-state index contributed by atoms with van der Waals surface area (Å²) >= 11 is 5.72. The summed E-state index contributed by atoms with van der Waals surface area (Å²) in [5.41, 5.74) is 1.91. The van der Waals surface area contributed by atoms with Crippen molar-refractivity contribution in [2.75, 3.05) is 0 Å². The third kappa shape index (κ3) is 3.38. The summed E-state index contributed by atoms with van der Waals surface area (Å²) in [5, 5.41) is 0.737. The van der Waals surface area contributed by atoms with Crippen LogP contribution in [-0.2, 0) is 0 Å². The molecule has 0 amide bonds.